The summed E-state index contributed by atoms with van der Waals surface area (Å²) in [6, 6.07) is 14.5. The number of aromatic hydroxyl groups is 2. The number of ether oxygens (including phenoxy) is 1. The van der Waals surface area contributed by atoms with E-state index in [1.165, 1.54) is 0 Å². The van der Waals surface area contributed by atoms with E-state index in [-0.39, 0.29) is 0 Å². The van der Waals surface area contributed by atoms with Gasteiger partial charge >= 0.3 is 0 Å². The van der Waals surface area contributed by atoms with Gasteiger partial charge in [-0.1, -0.05) is 6.92 Å². The molecule has 0 radical (unpaired) electrons. The zero-order valence-electron chi connectivity index (χ0n) is 13.1. The molecule has 0 aliphatic heterocycles. The molecule has 0 aromatic heterocycles. The van der Waals surface area contributed by atoms with Crippen molar-refractivity contribution in [3.63, 3.8) is 0 Å². The predicted molar refractivity (Wildman–Crippen MR) is 97.7 cm³/mol. The largest absolute Gasteiger partial charge is 0.508 e. The van der Waals surface area contributed by atoms with Crippen LogP contribution in [0.2, 0.25) is 0 Å². The summed E-state index contributed by atoms with van der Waals surface area (Å²) in [4.78, 5) is 2.29. The lowest BCUT2D eigenvalue weighted by atomic mass is 10.3. The van der Waals surface area contributed by atoms with Crippen molar-refractivity contribution >= 4 is 23.5 Å². The van der Waals surface area contributed by atoms with Gasteiger partial charge in [0.15, 0.2) is 0 Å². The van der Waals surface area contributed by atoms with Crippen molar-refractivity contribution in [1.82, 2.24) is 0 Å². The van der Waals surface area contributed by atoms with Crippen LogP contribution >= 0.6 is 23.5 Å². The Morgan fingerprint density at radius 1 is 0.913 bits per heavy atom. The first-order valence-corrected chi connectivity index (χ1v) is 9.49. The van der Waals surface area contributed by atoms with Gasteiger partial charge in [-0.15, -0.1) is 23.5 Å². The quantitative estimate of drug-likeness (QED) is 0.503. The second-order valence-electron chi connectivity index (χ2n) is 5.06. The third-order valence-electron chi connectivity index (χ3n) is 3.23. The maximum atomic E-state index is 9.31. The Labute approximate surface area is 146 Å². The number of phenols is 2. The summed E-state index contributed by atoms with van der Waals surface area (Å²) < 4.78 is 5.79. The summed E-state index contributed by atoms with van der Waals surface area (Å²) in [7, 11) is 0. The normalized spacial score (nSPS) is 12.2. The first-order chi connectivity index (χ1) is 11.2. The molecule has 0 amide bonds. The Morgan fingerprint density at radius 2 is 1.48 bits per heavy atom. The molecule has 23 heavy (non-hydrogen) atoms. The van der Waals surface area contributed by atoms with Crippen molar-refractivity contribution in [3.05, 3.63) is 48.5 Å². The van der Waals surface area contributed by atoms with Crippen LogP contribution < -0.4 is 0 Å². The molecular weight excluding hydrogens is 328 g/mol. The topological polar surface area (TPSA) is 49.7 Å². The minimum absolute atomic E-state index is 0.294. The first-order valence-electron chi connectivity index (χ1n) is 7.62. The maximum absolute atomic E-state index is 9.31. The lowest BCUT2D eigenvalue weighted by molar-refractivity contribution is 0.150. The molecule has 0 aliphatic rings. The molecule has 0 bridgehead atoms. The summed E-state index contributed by atoms with van der Waals surface area (Å²) in [5, 5.41) is 19.0. The third kappa shape index (κ3) is 6.77. The Bertz CT molecular complexity index is 570. The number of thioether (sulfide) groups is 2. The van der Waals surface area contributed by atoms with E-state index in [4.69, 9.17) is 4.74 Å². The van der Waals surface area contributed by atoms with E-state index >= 15 is 0 Å². The molecule has 2 N–H and O–H groups in total. The lowest BCUT2D eigenvalue weighted by Crippen LogP contribution is -2.12. The van der Waals surface area contributed by atoms with Gasteiger partial charge in [0.05, 0.1) is 13.2 Å². The Morgan fingerprint density at radius 3 is 2.04 bits per heavy atom. The minimum Gasteiger partial charge on any atom is -0.508 e. The monoisotopic (exact) mass is 350 g/mol. The number of rotatable bonds is 9. The standard InChI is InChI=1S/C18H22O3S2/c1-2-16(23-18-9-5-15(20)6-10-18)13-21-11-12-22-17-7-3-14(19)4-8-17/h3-10,16,19-20H,2,11-13H2,1H3. The molecule has 0 spiro atoms. The molecule has 5 heteroatoms. The molecule has 2 aromatic carbocycles. The Balaban J connectivity index is 1.65. The average molecular weight is 351 g/mol. The van der Waals surface area contributed by atoms with Crippen LogP contribution in [0.25, 0.3) is 0 Å². The van der Waals surface area contributed by atoms with Gasteiger partial charge in [-0.05, 0) is 55.0 Å². The van der Waals surface area contributed by atoms with Crippen molar-refractivity contribution in [3.8, 4) is 11.5 Å². The fraction of sp³-hybridized carbons (Fsp3) is 0.333. The predicted octanol–water partition coefficient (Wildman–Crippen LogP) is 4.78. The molecule has 3 nitrogen and oxygen atoms in total. The van der Waals surface area contributed by atoms with Gasteiger partial charge in [-0.25, -0.2) is 0 Å². The zero-order valence-corrected chi connectivity index (χ0v) is 14.8. The minimum atomic E-state index is 0.294. The van der Waals surface area contributed by atoms with Gasteiger partial charge in [-0.2, -0.15) is 0 Å². The first kappa shape index (κ1) is 18.0. The number of hydrogen-bond donors (Lipinski definition) is 2. The molecule has 1 atom stereocenters. The molecule has 1 unspecified atom stereocenters. The lowest BCUT2D eigenvalue weighted by Gasteiger charge is -2.15. The second-order valence-corrected chi connectivity index (χ2v) is 7.60. The van der Waals surface area contributed by atoms with Crippen LogP contribution in [-0.2, 0) is 4.74 Å². The van der Waals surface area contributed by atoms with E-state index in [2.05, 4.69) is 6.92 Å². The van der Waals surface area contributed by atoms with Gasteiger partial charge in [0.1, 0.15) is 11.5 Å². The van der Waals surface area contributed by atoms with Gasteiger partial charge in [0.25, 0.3) is 0 Å². The van der Waals surface area contributed by atoms with Crippen LogP contribution in [0.5, 0.6) is 11.5 Å². The van der Waals surface area contributed by atoms with Crippen LogP contribution in [0.3, 0.4) is 0 Å². The summed E-state index contributed by atoms with van der Waals surface area (Å²) in [5.74, 6) is 1.48. The van der Waals surface area contributed by atoms with Crippen LogP contribution in [0, 0.1) is 0 Å². The van der Waals surface area contributed by atoms with Crippen molar-refractivity contribution in [2.75, 3.05) is 19.0 Å². The van der Waals surface area contributed by atoms with Crippen molar-refractivity contribution in [2.24, 2.45) is 0 Å². The SMILES string of the molecule is CCC(COCCSc1ccc(O)cc1)Sc1ccc(O)cc1. The van der Waals surface area contributed by atoms with Crippen LogP contribution in [0.15, 0.2) is 58.3 Å². The van der Waals surface area contributed by atoms with E-state index in [1.54, 1.807) is 47.8 Å². The van der Waals surface area contributed by atoms with E-state index in [0.717, 1.165) is 28.6 Å². The highest BCUT2D eigenvalue weighted by Gasteiger charge is 2.08. The number of benzene rings is 2. The average Bonchev–Trinajstić information content (AvgIpc) is 2.57. The van der Waals surface area contributed by atoms with Gasteiger partial charge in [0, 0.05) is 20.8 Å². The highest BCUT2D eigenvalue weighted by atomic mass is 32.2. The van der Waals surface area contributed by atoms with Crippen molar-refractivity contribution in [2.45, 2.75) is 28.4 Å². The fourth-order valence-electron chi connectivity index (χ4n) is 1.93. The molecule has 0 saturated carbocycles. The molecule has 2 rings (SSSR count). The Kier molecular flexibility index (Phi) is 7.65. The molecular formula is C18H22O3S2. The smallest absolute Gasteiger partial charge is 0.115 e. The fourth-order valence-corrected chi connectivity index (χ4v) is 3.70. The van der Waals surface area contributed by atoms with Gasteiger partial charge in [-0.3, -0.25) is 0 Å². The molecule has 0 heterocycles. The van der Waals surface area contributed by atoms with Crippen LogP contribution in [0.4, 0.5) is 0 Å². The molecule has 0 saturated heterocycles. The third-order valence-corrected chi connectivity index (χ3v) is 5.56. The second kappa shape index (κ2) is 9.75. The number of phenolic OH excluding ortho intramolecular Hbond substituents is 2. The van der Waals surface area contributed by atoms with E-state index < -0.39 is 0 Å². The van der Waals surface area contributed by atoms with Crippen molar-refractivity contribution in [1.29, 1.82) is 0 Å². The Hall–Kier alpha value is -1.30. The van der Waals surface area contributed by atoms with Crippen LogP contribution in [0.1, 0.15) is 13.3 Å². The van der Waals surface area contributed by atoms with Crippen molar-refractivity contribution < 1.29 is 14.9 Å². The van der Waals surface area contributed by atoms with Crippen LogP contribution in [-0.4, -0.2) is 34.4 Å². The molecule has 0 fully saturated rings. The van der Waals surface area contributed by atoms with E-state index in [0.29, 0.717) is 23.4 Å². The summed E-state index contributed by atoms with van der Waals surface area (Å²) in [6.07, 6.45) is 1.04. The zero-order chi connectivity index (χ0) is 16.5. The van der Waals surface area contributed by atoms with Gasteiger partial charge < -0.3 is 14.9 Å². The highest BCUT2D eigenvalue weighted by molar-refractivity contribution is 8.00. The molecule has 2 aromatic rings. The summed E-state index contributed by atoms with van der Waals surface area (Å²) in [5.41, 5.74) is 0. The highest BCUT2D eigenvalue weighted by Crippen LogP contribution is 2.27. The maximum Gasteiger partial charge on any atom is 0.115 e. The van der Waals surface area contributed by atoms with Gasteiger partial charge in [0.2, 0.25) is 0 Å². The number of hydrogen-bond acceptors (Lipinski definition) is 5. The molecule has 0 aliphatic carbocycles. The summed E-state index contributed by atoms with van der Waals surface area (Å²) in [6.45, 7) is 3.59. The molecule has 124 valence electrons. The summed E-state index contributed by atoms with van der Waals surface area (Å²) >= 11 is 3.51. The van der Waals surface area contributed by atoms with E-state index in [9.17, 15) is 10.2 Å². The van der Waals surface area contributed by atoms with E-state index in [1.807, 2.05) is 24.3 Å².